The van der Waals surface area contributed by atoms with E-state index in [0.717, 1.165) is 18.8 Å². The van der Waals surface area contributed by atoms with Gasteiger partial charge in [-0.2, -0.15) is 0 Å². The molecule has 0 spiro atoms. The maximum absolute atomic E-state index is 5.83. The van der Waals surface area contributed by atoms with Crippen LogP contribution in [0.1, 0.15) is 25.0 Å². The third-order valence-electron chi connectivity index (χ3n) is 2.72. The van der Waals surface area contributed by atoms with Crippen LogP contribution >= 0.6 is 11.6 Å². The zero-order chi connectivity index (χ0) is 9.97. The van der Waals surface area contributed by atoms with Crippen molar-refractivity contribution in [3.63, 3.8) is 0 Å². The Balaban J connectivity index is 2.22. The highest BCUT2D eigenvalue weighted by Crippen LogP contribution is 2.23. The van der Waals surface area contributed by atoms with Gasteiger partial charge in [0.05, 0.1) is 11.4 Å². The summed E-state index contributed by atoms with van der Waals surface area (Å²) in [6.07, 6.45) is 3.95. The van der Waals surface area contributed by atoms with Crippen LogP contribution in [-0.2, 0) is 0 Å². The van der Waals surface area contributed by atoms with Crippen LogP contribution in [0.15, 0.2) is 12.1 Å². The second kappa shape index (κ2) is 4.18. The monoisotopic (exact) mass is 210 g/mol. The molecule has 0 radical (unpaired) electrons. The molecular weight excluding hydrogens is 196 g/mol. The van der Waals surface area contributed by atoms with Crippen LogP contribution in [0.25, 0.3) is 0 Å². The molecule has 0 unspecified atom stereocenters. The van der Waals surface area contributed by atoms with E-state index in [-0.39, 0.29) is 0 Å². The van der Waals surface area contributed by atoms with Gasteiger partial charge in [-0.3, -0.25) is 0 Å². The number of rotatable bonds is 1. The van der Waals surface area contributed by atoms with Crippen molar-refractivity contribution in [2.75, 3.05) is 18.0 Å². The minimum Gasteiger partial charge on any atom is -0.370 e. The number of halogens is 1. The van der Waals surface area contributed by atoms with Crippen LogP contribution in [0.4, 0.5) is 5.69 Å². The first-order valence-corrected chi connectivity index (χ1v) is 5.53. The fraction of sp³-hybridized carbons (Fsp3) is 0.545. The Labute approximate surface area is 89.9 Å². The third kappa shape index (κ3) is 2.01. The summed E-state index contributed by atoms with van der Waals surface area (Å²) in [5.74, 6) is 0. The van der Waals surface area contributed by atoms with Gasteiger partial charge in [0.1, 0.15) is 5.15 Å². The number of nitrogens with zero attached hydrogens (tertiary/aromatic N) is 2. The first-order valence-electron chi connectivity index (χ1n) is 5.15. The SMILES string of the molecule is Cc1nc(Cl)ccc1N1CCCCC1. The number of aromatic nitrogens is 1. The number of anilines is 1. The topological polar surface area (TPSA) is 16.1 Å². The minimum atomic E-state index is 0.586. The average Bonchev–Trinajstić information content (AvgIpc) is 2.19. The Hall–Kier alpha value is -0.760. The van der Waals surface area contributed by atoms with Gasteiger partial charge in [0.2, 0.25) is 0 Å². The predicted octanol–water partition coefficient (Wildman–Crippen LogP) is 3.03. The van der Waals surface area contributed by atoms with Crippen LogP contribution < -0.4 is 4.90 Å². The highest BCUT2D eigenvalue weighted by Gasteiger charge is 2.13. The van der Waals surface area contributed by atoms with Gasteiger partial charge >= 0.3 is 0 Å². The van der Waals surface area contributed by atoms with Crippen molar-refractivity contribution in [1.29, 1.82) is 0 Å². The van der Waals surface area contributed by atoms with E-state index in [1.165, 1.54) is 24.9 Å². The van der Waals surface area contributed by atoms with Gasteiger partial charge in [0, 0.05) is 13.1 Å². The van der Waals surface area contributed by atoms with E-state index in [4.69, 9.17) is 11.6 Å². The summed E-state index contributed by atoms with van der Waals surface area (Å²) in [7, 11) is 0. The summed E-state index contributed by atoms with van der Waals surface area (Å²) in [4.78, 5) is 6.68. The summed E-state index contributed by atoms with van der Waals surface area (Å²) in [6.45, 7) is 4.34. The molecule has 1 saturated heterocycles. The van der Waals surface area contributed by atoms with Gasteiger partial charge in [-0.1, -0.05) is 11.6 Å². The van der Waals surface area contributed by atoms with Crippen molar-refractivity contribution < 1.29 is 0 Å². The van der Waals surface area contributed by atoms with Crippen LogP contribution in [0.2, 0.25) is 5.15 Å². The van der Waals surface area contributed by atoms with Crippen LogP contribution in [0, 0.1) is 6.92 Å². The molecular formula is C11H15ClN2. The maximum Gasteiger partial charge on any atom is 0.129 e. The molecule has 0 saturated carbocycles. The summed E-state index contributed by atoms with van der Waals surface area (Å²) in [6, 6.07) is 3.95. The fourth-order valence-corrected chi connectivity index (χ4v) is 2.18. The Morgan fingerprint density at radius 1 is 1.21 bits per heavy atom. The summed E-state index contributed by atoms with van der Waals surface area (Å²) < 4.78 is 0. The van der Waals surface area contributed by atoms with E-state index in [1.54, 1.807) is 0 Å². The third-order valence-corrected chi connectivity index (χ3v) is 2.93. The quantitative estimate of drug-likeness (QED) is 0.663. The van der Waals surface area contributed by atoms with Gasteiger partial charge in [-0.05, 0) is 38.3 Å². The molecule has 76 valence electrons. The first-order chi connectivity index (χ1) is 6.77. The Bertz CT molecular complexity index is 319. The fourth-order valence-electron chi connectivity index (χ4n) is 1.99. The van der Waals surface area contributed by atoms with Gasteiger partial charge in [0.15, 0.2) is 0 Å². The lowest BCUT2D eigenvalue weighted by Gasteiger charge is -2.29. The van der Waals surface area contributed by atoms with Crippen molar-refractivity contribution in [2.24, 2.45) is 0 Å². The number of pyridine rings is 1. The lowest BCUT2D eigenvalue weighted by molar-refractivity contribution is 0.576. The van der Waals surface area contributed by atoms with Gasteiger partial charge in [-0.25, -0.2) is 4.98 Å². The lowest BCUT2D eigenvalue weighted by atomic mass is 10.1. The van der Waals surface area contributed by atoms with Crippen LogP contribution in [0.3, 0.4) is 0 Å². The lowest BCUT2D eigenvalue weighted by Crippen LogP contribution is -2.30. The van der Waals surface area contributed by atoms with E-state index >= 15 is 0 Å². The molecule has 1 fully saturated rings. The molecule has 3 heteroatoms. The number of hydrogen-bond acceptors (Lipinski definition) is 2. The van der Waals surface area contributed by atoms with E-state index in [0.29, 0.717) is 5.15 Å². The van der Waals surface area contributed by atoms with Gasteiger partial charge in [-0.15, -0.1) is 0 Å². The zero-order valence-corrected chi connectivity index (χ0v) is 9.22. The van der Waals surface area contributed by atoms with Crippen molar-refractivity contribution >= 4 is 17.3 Å². The molecule has 1 aliphatic rings. The van der Waals surface area contributed by atoms with Gasteiger partial charge in [0.25, 0.3) is 0 Å². The van der Waals surface area contributed by atoms with Crippen molar-refractivity contribution in [2.45, 2.75) is 26.2 Å². The average molecular weight is 211 g/mol. The van der Waals surface area contributed by atoms with Crippen LogP contribution in [-0.4, -0.2) is 18.1 Å². The molecule has 0 aliphatic carbocycles. The molecule has 0 bridgehead atoms. The highest BCUT2D eigenvalue weighted by molar-refractivity contribution is 6.29. The van der Waals surface area contributed by atoms with Crippen molar-refractivity contribution in [3.05, 3.63) is 23.0 Å². The van der Waals surface area contributed by atoms with E-state index in [1.807, 2.05) is 13.0 Å². The molecule has 1 aliphatic heterocycles. The predicted molar refractivity (Wildman–Crippen MR) is 60.0 cm³/mol. The highest BCUT2D eigenvalue weighted by atomic mass is 35.5. The summed E-state index contributed by atoms with van der Waals surface area (Å²) >= 11 is 5.83. The van der Waals surface area contributed by atoms with E-state index < -0.39 is 0 Å². The smallest absolute Gasteiger partial charge is 0.129 e. The Morgan fingerprint density at radius 3 is 2.57 bits per heavy atom. The van der Waals surface area contributed by atoms with E-state index in [2.05, 4.69) is 16.0 Å². The van der Waals surface area contributed by atoms with Crippen LogP contribution in [0.5, 0.6) is 0 Å². The summed E-state index contributed by atoms with van der Waals surface area (Å²) in [5, 5.41) is 0.586. The minimum absolute atomic E-state index is 0.586. The number of piperidine rings is 1. The normalized spacial score (nSPS) is 17.1. The Morgan fingerprint density at radius 2 is 1.93 bits per heavy atom. The molecule has 0 atom stereocenters. The first kappa shape index (κ1) is 9.78. The zero-order valence-electron chi connectivity index (χ0n) is 8.46. The van der Waals surface area contributed by atoms with Gasteiger partial charge < -0.3 is 4.90 Å². The number of hydrogen-bond donors (Lipinski definition) is 0. The molecule has 14 heavy (non-hydrogen) atoms. The molecule has 2 nitrogen and oxygen atoms in total. The molecule has 2 heterocycles. The molecule has 0 amide bonds. The molecule has 1 aromatic rings. The standard InChI is InChI=1S/C11H15ClN2/c1-9-10(5-6-11(12)13-9)14-7-3-2-4-8-14/h5-6H,2-4,7-8H2,1H3. The molecule has 2 rings (SSSR count). The second-order valence-corrected chi connectivity index (χ2v) is 4.17. The van der Waals surface area contributed by atoms with Crippen molar-refractivity contribution in [1.82, 2.24) is 4.98 Å². The molecule has 0 aromatic carbocycles. The summed E-state index contributed by atoms with van der Waals surface area (Å²) in [5.41, 5.74) is 2.29. The molecule has 1 aromatic heterocycles. The largest absolute Gasteiger partial charge is 0.370 e. The van der Waals surface area contributed by atoms with E-state index in [9.17, 15) is 0 Å². The second-order valence-electron chi connectivity index (χ2n) is 3.79. The molecule has 0 N–H and O–H groups in total. The number of aryl methyl sites for hydroxylation is 1. The van der Waals surface area contributed by atoms with Crippen molar-refractivity contribution in [3.8, 4) is 0 Å². The maximum atomic E-state index is 5.83. The Kier molecular flexibility index (Phi) is 2.92.